The molecule has 8 nitrogen and oxygen atoms in total. The number of sulfonamides is 1. The first-order valence-electron chi connectivity index (χ1n) is 9.75. The molecule has 0 aliphatic carbocycles. The Balaban J connectivity index is 2.41. The second kappa shape index (κ2) is 10.3. The molecule has 0 saturated carbocycles. The monoisotopic (exact) mass is 447 g/mol. The summed E-state index contributed by atoms with van der Waals surface area (Å²) in [6, 6.07) is 13.4. The van der Waals surface area contributed by atoms with Gasteiger partial charge in [0.05, 0.1) is 19.1 Å². The van der Waals surface area contributed by atoms with E-state index in [1.165, 1.54) is 19.1 Å². The average molecular weight is 448 g/mol. The number of para-hydroxylation sites is 2. The van der Waals surface area contributed by atoms with Crippen LogP contribution in [0.3, 0.4) is 0 Å². The van der Waals surface area contributed by atoms with Crippen LogP contribution in [0.2, 0.25) is 0 Å². The average Bonchev–Trinajstić information content (AvgIpc) is 2.75. The molecule has 168 valence electrons. The fourth-order valence-electron chi connectivity index (χ4n) is 3.11. The highest BCUT2D eigenvalue weighted by Crippen LogP contribution is 2.29. The zero-order valence-electron chi connectivity index (χ0n) is 18.5. The van der Waals surface area contributed by atoms with Gasteiger partial charge in [0.1, 0.15) is 18.3 Å². The predicted octanol–water partition coefficient (Wildman–Crippen LogP) is 1.93. The van der Waals surface area contributed by atoms with Gasteiger partial charge in [-0.15, -0.1) is 0 Å². The van der Waals surface area contributed by atoms with Gasteiger partial charge in [-0.2, -0.15) is 0 Å². The molecule has 0 fully saturated rings. The number of methoxy groups -OCH3 is 1. The van der Waals surface area contributed by atoms with Gasteiger partial charge in [-0.1, -0.05) is 42.0 Å². The molecule has 1 atom stereocenters. The van der Waals surface area contributed by atoms with Gasteiger partial charge in [0.2, 0.25) is 21.8 Å². The molecule has 1 N–H and O–H groups in total. The SMILES string of the molecule is CNC(=O)C(C)N(Cc1ccc(C)cc1)C(=O)CN(c1ccccc1OC)S(C)(=O)=O. The van der Waals surface area contributed by atoms with E-state index in [1.54, 1.807) is 31.2 Å². The summed E-state index contributed by atoms with van der Waals surface area (Å²) in [5.41, 5.74) is 2.15. The summed E-state index contributed by atoms with van der Waals surface area (Å²) in [6.45, 7) is 3.26. The summed E-state index contributed by atoms with van der Waals surface area (Å²) in [7, 11) is -0.884. The van der Waals surface area contributed by atoms with Crippen LogP contribution in [0.5, 0.6) is 5.75 Å². The number of nitrogens with one attached hydrogen (secondary N) is 1. The smallest absolute Gasteiger partial charge is 0.244 e. The van der Waals surface area contributed by atoms with E-state index in [0.29, 0.717) is 5.75 Å². The molecule has 0 bridgehead atoms. The van der Waals surface area contributed by atoms with Crippen LogP contribution in [-0.4, -0.2) is 58.1 Å². The van der Waals surface area contributed by atoms with Crippen molar-refractivity contribution in [2.75, 3.05) is 31.3 Å². The Hall–Kier alpha value is -3.07. The largest absolute Gasteiger partial charge is 0.495 e. The molecule has 0 spiro atoms. The maximum Gasteiger partial charge on any atom is 0.244 e. The van der Waals surface area contributed by atoms with Crippen molar-refractivity contribution in [1.29, 1.82) is 0 Å². The van der Waals surface area contributed by atoms with Crippen LogP contribution in [0, 0.1) is 6.92 Å². The lowest BCUT2D eigenvalue weighted by Crippen LogP contribution is -2.50. The van der Waals surface area contributed by atoms with Crippen LogP contribution < -0.4 is 14.4 Å². The summed E-state index contributed by atoms with van der Waals surface area (Å²) < 4.78 is 31.3. The van der Waals surface area contributed by atoms with E-state index in [-0.39, 0.29) is 18.1 Å². The Morgan fingerprint density at radius 1 is 1.10 bits per heavy atom. The minimum atomic E-state index is -3.80. The second-order valence-electron chi connectivity index (χ2n) is 7.24. The van der Waals surface area contributed by atoms with E-state index >= 15 is 0 Å². The normalized spacial score (nSPS) is 12.0. The Bertz CT molecular complexity index is 1020. The highest BCUT2D eigenvalue weighted by molar-refractivity contribution is 7.92. The van der Waals surface area contributed by atoms with Crippen LogP contribution in [0.15, 0.2) is 48.5 Å². The van der Waals surface area contributed by atoms with Gasteiger partial charge >= 0.3 is 0 Å². The molecule has 0 saturated heterocycles. The van der Waals surface area contributed by atoms with Gasteiger partial charge in [-0.25, -0.2) is 8.42 Å². The van der Waals surface area contributed by atoms with Gasteiger partial charge in [-0.05, 0) is 31.5 Å². The third kappa shape index (κ3) is 6.21. The lowest BCUT2D eigenvalue weighted by Gasteiger charge is -2.31. The standard InChI is InChI=1S/C22H29N3O5S/c1-16-10-12-18(13-11-16)14-24(17(2)22(27)23-3)21(26)15-25(31(5,28)29)19-8-6-7-9-20(19)30-4/h6-13,17H,14-15H2,1-5H3,(H,23,27). The van der Waals surface area contributed by atoms with Crippen molar-refractivity contribution in [3.05, 3.63) is 59.7 Å². The van der Waals surface area contributed by atoms with E-state index in [2.05, 4.69) is 5.32 Å². The summed E-state index contributed by atoms with van der Waals surface area (Å²) in [5, 5.41) is 2.54. The maximum atomic E-state index is 13.3. The van der Waals surface area contributed by atoms with Crippen LogP contribution in [0.25, 0.3) is 0 Å². The number of aryl methyl sites for hydroxylation is 1. The number of likely N-dealkylation sites (N-methyl/N-ethyl adjacent to an activating group) is 1. The number of hydrogen-bond donors (Lipinski definition) is 1. The van der Waals surface area contributed by atoms with Crippen molar-refractivity contribution in [2.24, 2.45) is 0 Å². The minimum Gasteiger partial charge on any atom is -0.495 e. The predicted molar refractivity (Wildman–Crippen MR) is 120 cm³/mol. The van der Waals surface area contributed by atoms with Gasteiger partial charge in [0, 0.05) is 13.6 Å². The van der Waals surface area contributed by atoms with Crippen LogP contribution in [-0.2, 0) is 26.2 Å². The molecular formula is C22H29N3O5S. The van der Waals surface area contributed by atoms with E-state index in [4.69, 9.17) is 4.74 Å². The van der Waals surface area contributed by atoms with Crippen molar-refractivity contribution in [2.45, 2.75) is 26.4 Å². The number of carbonyl (C=O) groups is 2. The molecule has 2 amide bonds. The number of hydrogen-bond acceptors (Lipinski definition) is 5. The van der Waals surface area contributed by atoms with Crippen LogP contribution >= 0.6 is 0 Å². The Labute approximate surface area is 183 Å². The van der Waals surface area contributed by atoms with E-state index in [1.807, 2.05) is 31.2 Å². The third-order valence-electron chi connectivity index (χ3n) is 4.92. The van der Waals surface area contributed by atoms with Gasteiger partial charge < -0.3 is 15.0 Å². The first kappa shape index (κ1) is 24.2. The summed E-state index contributed by atoms with van der Waals surface area (Å²) in [6.07, 6.45) is 1.03. The highest BCUT2D eigenvalue weighted by atomic mass is 32.2. The van der Waals surface area contributed by atoms with Gasteiger partial charge in [0.25, 0.3) is 0 Å². The summed E-state index contributed by atoms with van der Waals surface area (Å²) in [4.78, 5) is 27.0. The van der Waals surface area contributed by atoms with E-state index < -0.39 is 28.5 Å². The molecular weight excluding hydrogens is 418 g/mol. The van der Waals surface area contributed by atoms with Gasteiger partial charge in [-0.3, -0.25) is 13.9 Å². The number of benzene rings is 2. The Morgan fingerprint density at radius 2 is 1.71 bits per heavy atom. The van der Waals surface area contributed by atoms with Crippen LogP contribution in [0.1, 0.15) is 18.1 Å². The topological polar surface area (TPSA) is 96.0 Å². The number of rotatable bonds is 9. The van der Waals surface area contributed by atoms with Crippen molar-refractivity contribution < 1.29 is 22.7 Å². The zero-order valence-corrected chi connectivity index (χ0v) is 19.3. The number of amides is 2. The molecule has 0 heterocycles. The molecule has 2 aromatic rings. The molecule has 0 radical (unpaired) electrons. The summed E-state index contributed by atoms with van der Waals surface area (Å²) in [5.74, 6) is -0.526. The van der Waals surface area contributed by atoms with E-state index in [0.717, 1.165) is 21.7 Å². The quantitative estimate of drug-likeness (QED) is 0.634. The molecule has 9 heteroatoms. The van der Waals surface area contributed by atoms with Crippen molar-refractivity contribution in [3.8, 4) is 5.75 Å². The fourth-order valence-corrected chi connectivity index (χ4v) is 3.97. The summed E-state index contributed by atoms with van der Waals surface area (Å²) >= 11 is 0. The zero-order chi connectivity index (χ0) is 23.2. The first-order valence-corrected chi connectivity index (χ1v) is 11.6. The van der Waals surface area contributed by atoms with Crippen LogP contribution in [0.4, 0.5) is 5.69 Å². The van der Waals surface area contributed by atoms with Crippen molar-refractivity contribution in [1.82, 2.24) is 10.2 Å². The number of carbonyl (C=O) groups excluding carboxylic acids is 2. The molecule has 1 unspecified atom stereocenters. The minimum absolute atomic E-state index is 0.164. The Morgan fingerprint density at radius 3 is 2.26 bits per heavy atom. The number of ether oxygens (including phenoxy) is 1. The molecule has 0 aliphatic heterocycles. The van der Waals surface area contributed by atoms with Gasteiger partial charge in [0.15, 0.2) is 0 Å². The van der Waals surface area contributed by atoms with Crippen molar-refractivity contribution >= 4 is 27.5 Å². The first-order chi connectivity index (χ1) is 14.6. The highest BCUT2D eigenvalue weighted by Gasteiger charge is 2.30. The number of nitrogens with zero attached hydrogens (tertiary/aromatic N) is 2. The second-order valence-corrected chi connectivity index (χ2v) is 9.15. The fraction of sp³-hybridized carbons (Fsp3) is 0.364. The molecule has 0 aliphatic rings. The lowest BCUT2D eigenvalue weighted by molar-refractivity contribution is -0.139. The van der Waals surface area contributed by atoms with Crippen molar-refractivity contribution in [3.63, 3.8) is 0 Å². The molecule has 2 rings (SSSR count). The molecule has 2 aromatic carbocycles. The number of anilines is 1. The Kier molecular flexibility index (Phi) is 8.04. The maximum absolute atomic E-state index is 13.3. The molecule has 31 heavy (non-hydrogen) atoms. The third-order valence-corrected chi connectivity index (χ3v) is 6.05. The van der Waals surface area contributed by atoms with E-state index in [9.17, 15) is 18.0 Å². The lowest BCUT2D eigenvalue weighted by atomic mass is 10.1. The molecule has 0 aromatic heterocycles.